The average Bonchev–Trinajstić information content (AvgIpc) is 2.99. The fourth-order valence-corrected chi connectivity index (χ4v) is 4.83. The maximum Gasteiger partial charge on any atom is 0.335 e. The van der Waals surface area contributed by atoms with Crippen LogP contribution in [0.1, 0.15) is 36.8 Å². The van der Waals surface area contributed by atoms with E-state index in [1.807, 2.05) is 6.07 Å². The Labute approximate surface area is 242 Å². The highest BCUT2D eigenvalue weighted by molar-refractivity contribution is 5.98. The molecule has 8 nitrogen and oxygen atoms in total. The molecule has 3 aromatic carbocycles. The number of carboxylic acids is 1. The molecule has 4 rings (SSSR count). The van der Waals surface area contributed by atoms with Crippen molar-refractivity contribution >= 4 is 17.1 Å². The predicted molar refractivity (Wildman–Crippen MR) is 152 cm³/mol. The van der Waals surface area contributed by atoms with Gasteiger partial charge in [-0.05, 0) is 46.3 Å². The third kappa shape index (κ3) is 6.43. The van der Waals surface area contributed by atoms with Gasteiger partial charge >= 0.3 is 5.97 Å². The van der Waals surface area contributed by atoms with Crippen LogP contribution in [-0.2, 0) is 9.53 Å². The molecular weight excluding hydrogens is 510 g/mol. The Kier molecular flexibility index (Phi) is 7.40. The van der Waals surface area contributed by atoms with Gasteiger partial charge < -0.3 is 29.9 Å². The fraction of sp³-hybridized carbons (Fsp3) is 0.344. The number of hydrogen-bond donors (Lipinski definition) is 4. The lowest BCUT2D eigenvalue weighted by atomic mass is 9.88. The number of quaternary nitrogens is 1. The smallest absolute Gasteiger partial charge is 0.335 e. The molecule has 1 saturated heterocycles. The molecule has 5 unspecified atom stereocenters. The van der Waals surface area contributed by atoms with E-state index in [1.54, 1.807) is 93.0 Å². The lowest BCUT2D eigenvalue weighted by Crippen LogP contribution is -2.68. The highest BCUT2D eigenvalue weighted by atomic mass is 16.6. The summed E-state index contributed by atoms with van der Waals surface area (Å²) in [5.41, 5.74) is 2.09. The second-order valence-corrected chi connectivity index (χ2v) is 10.2. The largest absolute Gasteiger partial charge is 0.488 e. The number of ether oxygens (including phenoxy) is 2. The summed E-state index contributed by atoms with van der Waals surface area (Å²) in [6.45, 7) is -2.63. The van der Waals surface area contributed by atoms with Crippen molar-refractivity contribution in [2.24, 2.45) is 0 Å². The van der Waals surface area contributed by atoms with Crippen LogP contribution in [0.5, 0.6) is 5.75 Å². The Balaban J connectivity index is 1.62. The Morgan fingerprint density at radius 1 is 0.875 bits per heavy atom. The van der Waals surface area contributed by atoms with E-state index < -0.39 is 49.8 Å². The first-order valence-electron chi connectivity index (χ1n) is 15.4. The van der Waals surface area contributed by atoms with Gasteiger partial charge in [0.1, 0.15) is 31.1 Å². The van der Waals surface area contributed by atoms with Crippen molar-refractivity contribution in [1.29, 1.82) is 0 Å². The van der Waals surface area contributed by atoms with E-state index in [4.69, 9.17) is 16.3 Å². The number of aliphatic hydroxyl groups excluding tert-OH is 3. The molecule has 1 fully saturated rings. The minimum Gasteiger partial charge on any atom is -0.488 e. The van der Waals surface area contributed by atoms with Gasteiger partial charge in [0, 0.05) is 6.85 Å². The summed E-state index contributed by atoms with van der Waals surface area (Å²) in [7, 11) is 3.34. The van der Waals surface area contributed by atoms with E-state index in [9.17, 15) is 25.2 Å². The summed E-state index contributed by atoms with van der Waals surface area (Å²) >= 11 is 0. The maximum absolute atomic E-state index is 11.5. The van der Waals surface area contributed by atoms with Gasteiger partial charge in [0.2, 0.25) is 6.23 Å². The van der Waals surface area contributed by atoms with Crippen molar-refractivity contribution in [2.45, 2.75) is 43.9 Å². The number of rotatable bonds is 10. The van der Waals surface area contributed by atoms with Gasteiger partial charge in [-0.2, -0.15) is 0 Å². The van der Waals surface area contributed by atoms with Crippen LogP contribution in [0.2, 0.25) is 0 Å². The fourth-order valence-electron chi connectivity index (χ4n) is 4.83. The minimum absolute atomic E-state index is 0.0278. The molecule has 8 heteroatoms. The predicted octanol–water partition coefficient (Wildman–Crippen LogP) is 3.40. The Morgan fingerprint density at radius 3 is 2.02 bits per heavy atom. The Hall–Kier alpha value is -3.53. The standard InChI is InChI=1S/C32H37NO7/c1-4-25(21-11-7-5-8-12-21)26(22-13-9-6-10-14-22)23-15-17-24(18-16-23)39-20-19-33(2,3)31-29(36)27(34)28(35)30(40-31)32(37)38/h5-18,27-31,34-36H,4,19-20H2,1-3H3/p+1/b26-25+/i1D3,4D2. The quantitative estimate of drug-likeness (QED) is 0.225. The van der Waals surface area contributed by atoms with Crippen molar-refractivity contribution in [1.82, 2.24) is 0 Å². The first kappa shape index (κ1) is 23.2. The van der Waals surface area contributed by atoms with E-state index in [0.29, 0.717) is 28.0 Å². The number of hydrogen-bond acceptors (Lipinski definition) is 6. The average molecular weight is 554 g/mol. The van der Waals surface area contributed by atoms with Gasteiger partial charge in [0.25, 0.3) is 0 Å². The summed E-state index contributed by atoms with van der Waals surface area (Å²) in [6.07, 6.45) is -10.6. The summed E-state index contributed by atoms with van der Waals surface area (Å²) < 4.78 is 53.1. The molecule has 0 bridgehead atoms. The van der Waals surface area contributed by atoms with E-state index in [0.717, 1.165) is 0 Å². The molecule has 0 spiro atoms. The second-order valence-electron chi connectivity index (χ2n) is 10.2. The molecule has 40 heavy (non-hydrogen) atoms. The van der Waals surface area contributed by atoms with Crippen molar-refractivity contribution in [3.63, 3.8) is 0 Å². The molecule has 1 aliphatic heterocycles. The number of aliphatic hydroxyl groups is 3. The monoisotopic (exact) mass is 553 g/mol. The SMILES string of the molecule is [2H]C([2H])([2H])C([2H])([2H])/C(=C(/c1ccccc1)c1ccc(OCC[N+](C)(C)C2OC(C(=O)O)C(O)C(O)C2O)cc1)c1ccccc1. The van der Waals surface area contributed by atoms with Crippen LogP contribution in [0, 0.1) is 0 Å². The molecule has 0 aromatic heterocycles. The third-order valence-corrected chi connectivity index (χ3v) is 7.10. The number of carbonyl (C=O) groups is 1. The molecule has 212 valence electrons. The lowest BCUT2D eigenvalue weighted by Gasteiger charge is -2.46. The third-order valence-electron chi connectivity index (χ3n) is 7.10. The summed E-state index contributed by atoms with van der Waals surface area (Å²) in [4.78, 5) is 11.5. The molecule has 5 atom stereocenters. The molecule has 0 radical (unpaired) electrons. The summed E-state index contributed by atoms with van der Waals surface area (Å²) in [5.74, 6) is -1.00. The van der Waals surface area contributed by atoms with Crippen LogP contribution in [-0.4, -0.2) is 88.8 Å². The van der Waals surface area contributed by atoms with Crippen molar-refractivity contribution in [3.8, 4) is 5.75 Å². The number of likely N-dealkylation sites (N-methyl/N-ethyl adjacent to an activating group) is 1. The molecule has 1 heterocycles. The number of aliphatic carboxylic acids is 1. The van der Waals surface area contributed by atoms with Gasteiger partial charge in [0.05, 0.1) is 14.1 Å². The zero-order chi connectivity index (χ0) is 33.2. The van der Waals surface area contributed by atoms with Gasteiger partial charge in [-0.15, -0.1) is 0 Å². The van der Waals surface area contributed by atoms with Gasteiger partial charge in [-0.1, -0.05) is 79.6 Å². The second kappa shape index (κ2) is 12.8. The Bertz CT molecular complexity index is 1480. The normalized spacial score (nSPS) is 26.3. The van der Waals surface area contributed by atoms with Crippen molar-refractivity contribution in [2.75, 3.05) is 27.2 Å². The molecule has 0 saturated carbocycles. The van der Waals surface area contributed by atoms with Crippen LogP contribution < -0.4 is 4.74 Å². The summed E-state index contributed by atoms with van der Waals surface area (Å²) in [5, 5.41) is 40.1. The molecule has 0 amide bonds. The number of benzene rings is 3. The van der Waals surface area contributed by atoms with Crippen LogP contribution in [0.25, 0.3) is 11.1 Å². The highest BCUT2D eigenvalue weighted by Crippen LogP contribution is 2.35. The van der Waals surface area contributed by atoms with Gasteiger partial charge in [-0.25, -0.2) is 4.79 Å². The zero-order valence-electron chi connectivity index (χ0n) is 27.3. The highest BCUT2D eigenvalue weighted by Gasteiger charge is 2.52. The van der Waals surface area contributed by atoms with Gasteiger partial charge in [0.15, 0.2) is 12.2 Å². The number of nitrogens with zero attached hydrogens (tertiary/aromatic N) is 1. The van der Waals surface area contributed by atoms with Crippen LogP contribution in [0.4, 0.5) is 0 Å². The van der Waals surface area contributed by atoms with Crippen LogP contribution in [0.15, 0.2) is 84.9 Å². The molecule has 1 aliphatic rings. The number of carboxylic acid groups (broad SMARTS) is 1. The molecule has 0 aliphatic carbocycles. The Morgan fingerprint density at radius 2 is 1.45 bits per heavy atom. The molecular formula is C32H38NO7+. The number of allylic oxidation sites excluding steroid dienone is 1. The topological polar surface area (TPSA) is 116 Å². The van der Waals surface area contributed by atoms with E-state index in [1.165, 1.54) is 0 Å². The van der Waals surface area contributed by atoms with E-state index in [-0.39, 0.29) is 23.2 Å². The minimum atomic E-state index is -2.96. The van der Waals surface area contributed by atoms with E-state index >= 15 is 0 Å². The van der Waals surface area contributed by atoms with Gasteiger partial charge in [-0.3, -0.25) is 4.48 Å². The maximum atomic E-state index is 11.5. The molecule has 4 N–H and O–H groups in total. The van der Waals surface area contributed by atoms with Crippen LogP contribution in [0.3, 0.4) is 0 Å². The summed E-state index contributed by atoms with van der Waals surface area (Å²) in [6, 6.07) is 24.4. The first-order valence-corrected chi connectivity index (χ1v) is 12.9. The van der Waals surface area contributed by atoms with E-state index in [2.05, 4.69) is 0 Å². The molecule has 3 aromatic rings. The van der Waals surface area contributed by atoms with Crippen LogP contribution >= 0.6 is 0 Å². The first-order chi connectivity index (χ1) is 21.1. The lowest BCUT2D eigenvalue weighted by molar-refractivity contribution is -0.944. The van der Waals surface area contributed by atoms with Crippen molar-refractivity contribution < 1.29 is 46.0 Å². The zero-order valence-corrected chi connectivity index (χ0v) is 22.3. The van der Waals surface area contributed by atoms with Crippen molar-refractivity contribution in [3.05, 3.63) is 102 Å².